The lowest BCUT2D eigenvalue weighted by atomic mass is 10.1. The van der Waals surface area contributed by atoms with Crippen LogP contribution in [0.25, 0.3) is 0 Å². The van der Waals surface area contributed by atoms with Crippen molar-refractivity contribution >= 4 is 27.7 Å². The molecule has 0 aliphatic carbocycles. The maximum atomic E-state index is 12.0. The number of amides is 1. The summed E-state index contributed by atoms with van der Waals surface area (Å²) >= 11 is 0. The average molecular weight is 323 g/mol. The lowest BCUT2D eigenvalue weighted by Gasteiger charge is -2.24. The highest BCUT2D eigenvalue weighted by atomic mass is 32.2. The van der Waals surface area contributed by atoms with Gasteiger partial charge in [0, 0.05) is 6.26 Å². The molecule has 0 heterocycles. The lowest BCUT2D eigenvalue weighted by molar-refractivity contribution is -0.159. The fourth-order valence-corrected chi connectivity index (χ4v) is 1.53. The minimum Gasteiger partial charge on any atom is -0.464 e. The summed E-state index contributed by atoms with van der Waals surface area (Å²) in [6.07, 6.45) is 0.885. The predicted octanol–water partition coefficient (Wildman–Crippen LogP) is -0.579. The molecule has 9 heteroatoms. The van der Waals surface area contributed by atoms with Gasteiger partial charge in [0.2, 0.25) is 11.9 Å². The highest BCUT2D eigenvalue weighted by Crippen LogP contribution is 2.15. The number of hydrogen-bond donors (Lipinski definition) is 1. The van der Waals surface area contributed by atoms with Crippen molar-refractivity contribution in [3.63, 3.8) is 0 Å². The van der Waals surface area contributed by atoms with Gasteiger partial charge in [-0.1, -0.05) is 0 Å². The van der Waals surface area contributed by atoms with Crippen molar-refractivity contribution in [2.24, 2.45) is 0 Å². The van der Waals surface area contributed by atoms with Crippen molar-refractivity contribution in [3.8, 4) is 0 Å². The molecule has 0 rings (SSSR count). The summed E-state index contributed by atoms with van der Waals surface area (Å²) in [6, 6.07) is -1.70. The minimum atomic E-state index is -3.74. The van der Waals surface area contributed by atoms with Crippen LogP contribution in [0.15, 0.2) is 0 Å². The second-order valence-electron chi connectivity index (χ2n) is 4.69. The Morgan fingerprint density at radius 2 is 1.43 bits per heavy atom. The molecule has 0 aliphatic heterocycles. The zero-order valence-corrected chi connectivity index (χ0v) is 13.6. The molecule has 122 valence electrons. The third kappa shape index (κ3) is 5.00. The number of esters is 2. The first-order chi connectivity index (χ1) is 9.48. The van der Waals surface area contributed by atoms with E-state index in [1.165, 1.54) is 27.7 Å². The maximum Gasteiger partial charge on any atom is 0.340 e. The fraction of sp³-hybridized carbons (Fsp3) is 0.750. The first-order valence-corrected chi connectivity index (χ1v) is 8.22. The van der Waals surface area contributed by atoms with Crippen molar-refractivity contribution in [3.05, 3.63) is 0 Å². The van der Waals surface area contributed by atoms with Gasteiger partial charge in [-0.2, -0.15) is 0 Å². The predicted molar refractivity (Wildman–Crippen MR) is 74.1 cm³/mol. The van der Waals surface area contributed by atoms with Gasteiger partial charge in [-0.05, 0) is 27.7 Å². The molecule has 0 aromatic rings. The maximum absolute atomic E-state index is 12.0. The number of nitrogens with one attached hydrogen (secondary N) is 1. The number of carbonyl (C=O) groups excluding carboxylic acids is 3. The molecule has 8 nitrogen and oxygen atoms in total. The fourth-order valence-electron chi connectivity index (χ4n) is 1.14. The van der Waals surface area contributed by atoms with Crippen LogP contribution in [0.4, 0.5) is 0 Å². The van der Waals surface area contributed by atoms with E-state index in [9.17, 15) is 22.8 Å². The van der Waals surface area contributed by atoms with Crippen LogP contribution in [-0.4, -0.2) is 56.5 Å². The summed E-state index contributed by atoms with van der Waals surface area (Å²) < 4.78 is 30.7. The molecule has 0 aromatic carbocycles. The number of hydrogen-bond acceptors (Lipinski definition) is 7. The smallest absolute Gasteiger partial charge is 0.340 e. The molecule has 0 bridgehead atoms. The van der Waals surface area contributed by atoms with Crippen LogP contribution in [0.1, 0.15) is 27.7 Å². The molecule has 0 spiro atoms. The van der Waals surface area contributed by atoms with E-state index < -0.39 is 38.5 Å². The molecule has 0 saturated carbocycles. The second-order valence-corrected chi connectivity index (χ2v) is 7.26. The largest absolute Gasteiger partial charge is 0.464 e. The quantitative estimate of drug-likeness (QED) is 0.492. The first kappa shape index (κ1) is 19.4. The summed E-state index contributed by atoms with van der Waals surface area (Å²) in [6.45, 7) is 5.40. The Hall–Kier alpha value is -1.64. The zero-order chi connectivity index (χ0) is 16.8. The SMILES string of the molecule is CCOC(=O)C(NC(=O)C(C)(C)S(C)(=O)=O)C(=O)OCC. The van der Waals surface area contributed by atoms with E-state index in [-0.39, 0.29) is 13.2 Å². The minimum absolute atomic E-state index is 0.0000774. The molecule has 21 heavy (non-hydrogen) atoms. The van der Waals surface area contributed by atoms with Crippen molar-refractivity contribution < 1.29 is 32.3 Å². The average Bonchev–Trinajstić information content (AvgIpc) is 2.34. The van der Waals surface area contributed by atoms with Crippen LogP contribution in [0.2, 0.25) is 0 Å². The Morgan fingerprint density at radius 1 is 1.05 bits per heavy atom. The third-order valence-corrected chi connectivity index (χ3v) is 4.83. The van der Waals surface area contributed by atoms with Gasteiger partial charge in [-0.25, -0.2) is 18.0 Å². The topological polar surface area (TPSA) is 116 Å². The summed E-state index contributed by atoms with van der Waals surface area (Å²) in [5.41, 5.74) is 0. The summed E-state index contributed by atoms with van der Waals surface area (Å²) in [5, 5.41) is 2.07. The van der Waals surface area contributed by atoms with Crippen LogP contribution < -0.4 is 5.32 Å². The van der Waals surface area contributed by atoms with Gasteiger partial charge in [0.25, 0.3) is 0 Å². The van der Waals surface area contributed by atoms with Crippen LogP contribution in [0.3, 0.4) is 0 Å². The normalized spacial score (nSPS) is 11.9. The zero-order valence-electron chi connectivity index (χ0n) is 12.8. The number of carbonyl (C=O) groups is 3. The van der Waals surface area contributed by atoms with Crippen molar-refractivity contribution in [1.82, 2.24) is 5.32 Å². The molecule has 0 aromatic heterocycles. The Morgan fingerprint density at radius 3 is 1.71 bits per heavy atom. The molecule has 0 saturated heterocycles. The molecule has 0 fully saturated rings. The summed E-state index contributed by atoms with van der Waals surface area (Å²) in [5.74, 6) is -3.00. The van der Waals surface area contributed by atoms with Gasteiger partial charge in [-0.15, -0.1) is 0 Å². The van der Waals surface area contributed by atoms with Crippen LogP contribution in [-0.2, 0) is 33.7 Å². The van der Waals surface area contributed by atoms with Crippen LogP contribution in [0, 0.1) is 0 Å². The van der Waals surface area contributed by atoms with Gasteiger partial charge < -0.3 is 14.8 Å². The van der Waals surface area contributed by atoms with E-state index in [2.05, 4.69) is 14.8 Å². The Labute approximate surface area is 124 Å². The van der Waals surface area contributed by atoms with Crippen molar-refractivity contribution in [1.29, 1.82) is 0 Å². The van der Waals surface area contributed by atoms with Gasteiger partial charge >= 0.3 is 11.9 Å². The highest BCUT2D eigenvalue weighted by molar-refractivity contribution is 7.92. The molecule has 1 N–H and O–H groups in total. The molecular formula is C12H21NO7S. The van der Waals surface area contributed by atoms with Crippen molar-refractivity contribution in [2.75, 3.05) is 19.5 Å². The Kier molecular flexibility index (Phi) is 6.81. The van der Waals surface area contributed by atoms with E-state index in [1.54, 1.807) is 0 Å². The lowest BCUT2D eigenvalue weighted by Crippen LogP contribution is -2.56. The van der Waals surface area contributed by atoms with E-state index in [0.29, 0.717) is 0 Å². The summed E-state index contributed by atoms with van der Waals surface area (Å²) in [4.78, 5) is 35.4. The molecular weight excluding hydrogens is 302 g/mol. The standard InChI is InChI=1S/C12H21NO7S/c1-6-19-9(14)8(10(15)20-7-2)13-11(16)12(3,4)21(5,17)18/h8H,6-7H2,1-5H3,(H,13,16). The Balaban J connectivity index is 5.27. The van der Waals surface area contributed by atoms with Gasteiger partial charge in [-0.3, -0.25) is 4.79 Å². The highest BCUT2D eigenvalue weighted by Gasteiger charge is 2.42. The van der Waals surface area contributed by atoms with E-state index >= 15 is 0 Å². The number of ether oxygens (including phenoxy) is 2. The molecule has 0 unspecified atom stereocenters. The van der Waals surface area contributed by atoms with Gasteiger partial charge in [0.05, 0.1) is 13.2 Å². The molecule has 0 radical (unpaired) electrons. The third-order valence-electron chi connectivity index (χ3n) is 2.79. The first-order valence-electron chi connectivity index (χ1n) is 6.32. The van der Waals surface area contributed by atoms with E-state index in [1.807, 2.05) is 0 Å². The van der Waals surface area contributed by atoms with E-state index in [4.69, 9.17) is 0 Å². The second kappa shape index (κ2) is 7.39. The van der Waals surface area contributed by atoms with Crippen molar-refractivity contribution in [2.45, 2.75) is 38.5 Å². The van der Waals surface area contributed by atoms with Gasteiger partial charge in [0.1, 0.15) is 4.75 Å². The van der Waals surface area contributed by atoms with Crippen LogP contribution >= 0.6 is 0 Å². The van der Waals surface area contributed by atoms with E-state index in [0.717, 1.165) is 6.26 Å². The van der Waals surface area contributed by atoms with Gasteiger partial charge in [0.15, 0.2) is 9.84 Å². The molecule has 0 aliphatic rings. The Bertz CT molecular complexity index is 492. The molecule has 1 amide bonds. The van der Waals surface area contributed by atoms with Crippen LogP contribution in [0.5, 0.6) is 0 Å². The summed E-state index contributed by atoms with van der Waals surface area (Å²) in [7, 11) is -3.74. The number of sulfone groups is 1. The monoisotopic (exact) mass is 323 g/mol. The number of rotatable bonds is 7. The molecule has 0 atom stereocenters.